The molecule has 198 valence electrons. The minimum atomic E-state index is -1.41. The van der Waals surface area contributed by atoms with Crippen LogP contribution in [0.5, 0.6) is 0 Å². The van der Waals surface area contributed by atoms with Crippen molar-refractivity contribution in [3.63, 3.8) is 0 Å². The summed E-state index contributed by atoms with van der Waals surface area (Å²) in [4.78, 5) is 60.1. The molecule has 4 amide bonds. The van der Waals surface area contributed by atoms with E-state index in [1.807, 2.05) is 36.6 Å². The Kier molecular flexibility index (Phi) is 6.49. The van der Waals surface area contributed by atoms with Gasteiger partial charge in [0.15, 0.2) is 0 Å². The molecule has 2 aromatic rings. The molecule has 6 rings (SSSR count). The molecule has 4 atom stereocenters. The Morgan fingerprint density at radius 3 is 2.47 bits per heavy atom. The summed E-state index contributed by atoms with van der Waals surface area (Å²) in [6.07, 6.45) is 2.63. The third-order valence-electron chi connectivity index (χ3n) is 8.17. The van der Waals surface area contributed by atoms with Crippen LogP contribution in [-0.4, -0.2) is 79.4 Å². The van der Waals surface area contributed by atoms with Gasteiger partial charge in [-0.1, -0.05) is 36.4 Å². The van der Waals surface area contributed by atoms with E-state index in [9.17, 15) is 19.2 Å². The first-order valence-corrected chi connectivity index (χ1v) is 14.3. The van der Waals surface area contributed by atoms with Crippen LogP contribution in [0.1, 0.15) is 12.0 Å². The van der Waals surface area contributed by atoms with Crippen LogP contribution < -0.4 is 15.1 Å². The number of ether oxygens (including phenoxy) is 1. The van der Waals surface area contributed by atoms with Crippen LogP contribution in [0.4, 0.5) is 11.4 Å². The molecule has 3 fully saturated rings. The van der Waals surface area contributed by atoms with Crippen molar-refractivity contribution in [1.82, 2.24) is 10.2 Å². The van der Waals surface area contributed by atoms with Crippen molar-refractivity contribution in [1.29, 1.82) is 0 Å². The van der Waals surface area contributed by atoms with E-state index in [4.69, 9.17) is 4.74 Å². The largest absolute Gasteiger partial charge is 0.378 e. The van der Waals surface area contributed by atoms with Gasteiger partial charge in [-0.3, -0.25) is 24.5 Å². The van der Waals surface area contributed by atoms with Gasteiger partial charge in [-0.05, 0) is 36.6 Å². The molecule has 0 radical (unpaired) electrons. The third-order valence-corrected chi connectivity index (χ3v) is 8.81. The van der Waals surface area contributed by atoms with Gasteiger partial charge >= 0.3 is 0 Å². The maximum atomic E-state index is 14.4. The number of nitrogens with zero attached hydrogens (tertiary/aromatic N) is 3. The number of para-hydroxylation sites is 2. The number of carbonyl (C=O) groups is 4. The maximum absolute atomic E-state index is 14.4. The summed E-state index contributed by atoms with van der Waals surface area (Å²) in [5.41, 5.74) is 0.354. The highest BCUT2D eigenvalue weighted by molar-refractivity contribution is 7.98. The van der Waals surface area contributed by atoms with Crippen LogP contribution in [-0.2, 0) is 29.5 Å². The van der Waals surface area contributed by atoms with Crippen molar-refractivity contribution in [2.24, 2.45) is 11.8 Å². The first-order chi connectivity index (χ1) is 18.5. The molecular formula is C28H30N4O5S. The fraction of sp³-hybridized carbons (Fsp3) is 0.429. The molecule has 0 bridgehead atoms. The van der Waals surface area contributed by atoms with Gasteiger partial charge in [-0.2, -0.15) is 11.8 Å². The maximum Gasteiger partial charge on any atom is 0.253 e. The van der Waals surface area contributed by atoms with Gasteiger partial charge in [-0.15, -0.1) is 0 Å². The second-order valence-corrected chi connectivity index (χ2v) is 11.1. The normalized spacial score (nSPS) is 28.4. The molecule has 4 aliphatic heterocycles. The van der Waals surface area contributed by atoms with Crippen LogP contribution in [0, 0.1) is 11.8 Å². The average molecular weight is 535 g/mol. The summed E-state index contributed by atoms with van der Waals surface area (Å²) in [6, 6.07) is 15.9. The summed E-state index contributed by atoms with van der Waals surface area (Å²) < 4.78 is 5.37. The van der Waals surface area contributed by atoms with Crippen molar-refractivity contribution < 1.29 is 23.9 Å². The number of fused-ring (bicyclic) bond motifs is 4. The van der Waals surface area contributed by atoms with Gasteiger partial charge in [0.05, 0.1) is 30.7 Å². The van der Waals surface area contributed by atoms with E-state index >= 15 is 0 Å². The van der Waals surface area contributed by atoms with Crippen LogP contribution in [0.2, 0.25) is 0 Å². The molecule has 0 aliphatic carbocycles. The number of imide groups is 1. The summed E-state index contributed by atoms with van der Waals surface area (Å²) in [5.74, 6) is -1.98. The number of hydrogen-bond donors (Lipinski definition) is 1. The number of anilines is 2. The Morgan fingerprint density at radius 1 is 1.03 bits per heavy atom. The lowest BCUT2D eigenvalue weighted by Crippen LogP contribution is -2.56. The monoisotopic (exact) mass is 534 g/mol. The fourth-order valence-corrected chi connectivity index (χ4v) is 6.97. The van der Waals surface area contributed by atoms with E-state index in [1.165, 1.54) is 9.80 Å². The Morgan fingerprint density at radius 2 is 1.74 bits per heavy atom. The lowest BCUT2D eigenvalue weighted by atomic mass is 9.76. The zero-order chi connectivity index (χ0) is 26.4. The van der Waals surface area contributed by atoms with E-state index < -0.39 is 17.4 Å². The van der Waals surface area contributed by atoms with Gasteiger partial charge < -0.3 is 14.5 Å². The van der Waals surface area contributed by atoms with E-state index in [0.717, 1.165) is 5.75 Å². The molecule has 3 saturated heterocycles. The predicted molar refractivity (Wildman–Crippen MR) is 144 cm³/mol. The highest BCUT2D eigenvalue weighted by Gasteiger charge is 2.71. The van der Waals surface area contributed by atoms with Gasteiger partial charge in [0, 0.05) is 30.4 Å². The third kappa shape index (κ3) is 3.69. The zero-order valence-electron chi connectivity index (χ0n) is 21.2. The molecule has 2 aromatic carbocycles. The number of hydrogen-bond acceptors (Lipinski definition) is 7. The number of rotatable bonds is 6. The number of morpholine rings is 1. The highest BCUT2D eigenvalue weighted by Crippen LogP contribution is 2.55. The van der Waals surface area contributed by atoms with Crippen LogP contribution in [0.3, 0.4) is 0 Å². The van der Waals surface area contributed by atoms with Crippen molar-refractivity contribution in [2.75, 3.05) is 54.7 Å². The van der Waals surface area contributed by atoms with Crippen molar-refractivity contribution in [3.8, 4) is 0 Å². The molecule has 9 nitrogen and oxygen atoms in total. The molecule has 0 saturated carbocycles. The van der Waals surface area contributed by atoms with Gasteiger partial charge in [0.2, 0.25) is 17.7 Å². The van der Waals surface area contributed by atoms with Crippen LogP contribution in [0.15, 0.2) is 54.6 Å². The Labute approximate surface area is 225 Å². The lowest BCUT2D eigenvalue weighted by molar-refractivity contribution is -0.136. The minimum Gasteiger partial charge on any atom is -0.378 e. The van der Waals surface area contributed by atoms with Gasteiger partial charge in [0.1, 0.15) is 12.1 Å². The quantitative estimate of drug-likeness (QED) is 0.563. The molecule has 4 heterocycles. The lowest BCUT2D eigenvalue weighted by Gasteiger charge is -2.31. The topological polar surface area (TPSA) is 99.3 Å². The van der Waals surface area contributed by atoms with E-state index in [-0.39, 0.29) is 36.2 Å². The van der Waals surface area contributed by atoms with E-state index in [0.29, 0.717) is 49.7 Å². The average Bonchev–Trinajstić information content (AvgIpc) is 3.52. The molecule has 1 spiro atoms. The molecular weight excluding hydrogens is 504 g/mol. The molecule has 4 aliphatic rings. The number of amides is 4. The Hall–Kier alpha value is -3.21. The number of benzene rings is 2. The number of carbonyl (C=O) groups excluding carboxylic acids is 4. The van der Waals surface area contributed by atoms with Crippen LogP contribution >= 0.6 is 11.8 Å². The summed E-state index contributed by atoms with van der Waals surface area (Å²) in [7, 11) is 0. The number of thioether (sulfide) groups is 1. The molecule has 10 heteroatoms. The van der Waals surface area contributed by atoms with E-state index in [2.05, 4.69) is 5.32 Å². The molecule has 0 unspecified atom stereocenters. The highest BCUT2D eigenvalue weighted by atomic mass is 32.2. The predicted octanol–water partition coefficient (Wildman–Crippen LogP) is 1.62. The second kappa shape index (κ2) is 9.83. The minimum absolute atomic E-state index is 0.128. The second-order valence-electron chi connectivity index (χ2n) is 10.1. The standard InChI is InChI=1S/C28H30N4O5S/c1-38-16-11-20-23-24(26(35)32(25(23)34)18-7-3-2-4-8-18)28(29-20)19-9-5-6-10-21(19)31(27(28)36)17-22(33)30-12-14-37-15-13-30/h2-10,20,23-24,29H,11-17H2,1H3/t20-,23+,24+,28-/m0/s1. The first kappa shape index (κ1) is 25.1. The molecule has 0 aromatic heterocycles. The summed E-state index contributed by atoms with van der Waals surface area (Å²) in [6.45, 7) is 1.76. The van der Waals surface area contributed by atoms with Gasteiger partial charge in [-0.25, -0.2) is 4.90 Å². The molecule has 38 heavy (non-hydrogen) atoms. The van der Waals surface area contributed by atoms with Gasteiger partial charge in [0.25, 0.3) is 5.91 Å². The van der Waals surface area contributed by atoms with E-state index in [1.54, 1.807) is 40.9 Å². The fourth-order valence-electron chi connectivity index (χ4n) is 6.48. The Balaban J connectivity index is 1.42. The van der Waals surface area contributed by atoms with Crippen molar-refractivity contribution in [3.05, 3.63) is 60.2 Å². The number of nitrogens with one attached hydrogen (secondary N) is 1. The van der Waals surface area contributed by atoms with Crippen molar-refractivity contribution >= 4 is 46.8 Å². The SMILES string of the molecule is CSCC[C@@H]1N[C@]2(C(=O)N(CC(=O)N3CCOCC3)c3ccccc32)[C@H]2C(=O)N(c3ccccc3)C(=O)[C@H]12. The summed E-state index contributed by atoms with van der Waals surface area (Å²) in [5, 5.41) is 3.51. The zero-order valence-corrected chi connectivity index (χ0v) is 22.0. The first-order valence-electron chi connectivity index (χ1n) is 13.0. The smallest absolute Gasteiger partial charge is 0.253 e. The Bertz CT molecular complexity index is 1280. The summed E-state index contributed by atoms with van der Waals surface area (Å²) >= 11 is 1.66. The molecule has 1 N–H and O–H groups in total. The van der Waals surface area contributed by atoms with Crippen molar-refractivity contribution in [2.45, 2.75) is 18.0 Å². The van der Waals surface area contributed by atoms with Crippen LogP contribution in [0.25, 0.3) is 0 Å².